The zero-order chi connectivity index (χ0) is 44.5. The van der Waals surface area contributed by atoms with Crippen molar-refractivity contribution in [2.75, 3.05) is 0 Å². The standard InChI is InChI=1S/C48H36N18/c1-61-31-24-49-23-17-25(31)55-43(61)32-33(44-56-26-12-7-18-50-38(26)62(44)2)35(46-58-28-14-9-20-52-40(28)64(46)4)37(48-60-30-16-11-22-54-42(30)66(48)6)36(47-59-29-15-10-21-53-41(29)65(47)5)34(32)45-57-27-13-8-19-51-39(27)63(45)3/h7-24H,1-6H3. The zero-order valence-electron chi connectivity index (χ0n) is 36.4. The summed E-state index contributed by atoms with van der Waals surface area (Å²) in [7, 11) is 12.0. The van der Waals surface area contributed by atoms with Crippen molar-refractivity contribution in [1.29, 1.82) is 0 Å². The lowest BCUT2D eigenvalue weighted by Gasteiger charge is -2.26. The second-order valence-electron chi connectivity index (χ2n) is 16.3. The molecule has 13 rings (SSSR count). The molecule has 66 heavy (non-hydrogen) atoms. The number of aryl methyl sites for hydroxylation is 6. The number of fused-ring (bicyclic) bond motifs is 6. The number of nitrogens with zero attached hydrogens (tertiary/aromatic N) is 18. The van der Waals surface area contributed by atoms with E-state index in [1.165, 1.54) is 0 Å². The molecule has 12 heterocycles. The summed E-state index contributed by atoms with van der Waals surface area (Å²) in [6.07, 6.45) is 12.5. The van der Waals surface area contributed by atoms with Gasteiger partial charge in [0.2, 0.25) is 0 Å². The maximum absolute atomic E-state index is 5.48. The Morgan fingerprint density at radius 1 is 0.288 bits per heavy atom. The van der Waals surface area contributed by atoms with E-state index in [1.54, 1.807) is 37.2 Å². The molecule has 0 amide bonds. The summed E-state index contributed by atoms with van der Waals surface area (Å²) in [5.41, 5.74) is 12.8. The highest BCUT2D eigenvalue weighted by Gasteiger charge is 2.39. The Kier molecular flexibility index (Phi) is 7.79. The van der Waals surface area contributed by atoms with Crippen molar-refractivity contribution in [1.82, 2.24) is 87.2 Å². The van der Waals surface area contributed by atoms with Crippen molar-refractivity contribution in [2.45, 2.75) is 0 Å². The van der Waals surface area contributed by atoms with Crippen LogP contribution in [0, 0.1) is 0 Å². The normalized spacial score (nSPS) is 12.1. The van der Waals surface area contributed by atoms with Crippen LogP contribution in [0.15, 0.2) is 110 Å². The SMILES string of the molecule is Cn1c(-c2c(-c3nc4cccnc4n3C)c(-c3nc4cccnc4n3C)c(-c3nc4cccnc4n3C)c(-c3nc4cccnc4n3C)c2-c2nc3cccnc3n2C)nc2ccncc21. The maximum Gasteiger partial charge on any atom is 0.159 e. The summed E-state index contributed by atoms with van der Waals surface area (Å²) in [6.45, 7) is 0. The van der Waals surface area contributed by atoms with E-state index < -0.39 is 0 Å². The molecule has 0 saturated carbocycles. The summed E-state index contributed by atoms with van der Waals surface area (Å²) >= 11 is 0. The van der Waals surface area contributed by atoms with Gasteiger partial charge in [0.25, 0.3) is 0 Å². The van der Waals surface area contributed by atoms with E-state index in [1.807, 2.05) is 138 Å². The molecule has 0 aliphatic rings. The van der Waals surface area contributed by atoms with E-state index in [2.05, 4.69) is 9.55 Å². The molecule has 0 N–H and O–H groups in total. The minimum absolute atomic E-state index is 0.603. The van der Waals surface area contributed by atoms with Crippen LogP contribution in [0.25, 0.3) is 135 Å². The topological polar surface area (TPSA) is 184 Å². The monoisotopic (exact) mass is 864 g/mol. The van der Waals surface area contributed by atoms with Crippen LogP contribution < -0.4 is 0 Å². The third-order valence-corrected chi connectivity index (χ3v) is 12.7. The average molecular weight is 865 g/mol. The van der Waals surface area contributed by atoms with Gasteiger partial charge in [-0.15, -0.1) is 0 Å². The Balaban J connectivity index is 1.39. The van der Waals surface area contributed by atoms with Crippen molar-refractivity contribution in [3.05, 3.63) is 110 Å². The Morgan fingerprint density at radius 2 is 0.545 bits per heavy atom. The van der Waals surface area contributed by atoms with Crippen LogP contribution in [-0.2, 0) is 42.3 Å². The van der Waals surface area contributed by atoms with Gasteiger partial charge in [-0.05, 0) is 66.7 Å². The Labute approximate surface area is 373 Å². The van der Waals surface area contributed by atoms with Crippen LogP contribution in [0.4, 0.5) is 0 Å². The molecule has 13 aromatic rings. The quantitative estimate of drug-likeness (QED) is 0.162. The number of imidazole rings is 6. The van der Waals surface area contributed by atoms with Crippen molar-refractivity contribution in [2.24, 2.45) is 42.3 Å². The highest BCUT2D eigenvalue weighted by atomic mass is 15.2. The van der Waals surface area contributed by atoms with Crippen molar-refractivity contribution in [3.8, 4) is 68.3 Å². The molecule has 0 unspecified atom stereocenters. The fourth-order valence-electron chi connectivity index (χ4n) is 9.59. The van der Waals surface area contributed by atoms with Gasteiger partial charge in [-0.2, -0.15) is 0 Å². The largest absolute Gasteiger partial charge is 0.326 e. The van der Waals surface area contributed by atoms with E-state index in [9.17, 15) is 0 Å². The number of rotatable bonds is 6. The minimum atomic E-state index is 0.603. The first-order valence-corrected chi connectivity index (χ1v) is 21.2. The molecule has 318 valence electrons. The molecule has 0 radical (unpaired) electrons. The average Bonchev–Trinajstić information content (AvgIpc) is 4.19. The molecule has 0 atom stereocenters. The smallest absolute Gasteiger partial charge is 0.159 e. The first-order valence-electron chi connectivity index (χ1n) is 21.2. The first-order chi connectivity index (χ1) is 32.3. The highest BCUT2D eigenvalue weighted by molar-refractivity contribution is 6.14. The number of hydrogen-bond acceptors (Lipinski definition) is 12. The fourth-order valence-corrected chi connectivity index (χ4v) is 9.59. The van der Waals surface area contributed by atoms with E-state index in [4.69, 9.17) is 54.8 Å². The second kappa shape index (κ2) is 13.7. The van der Waals surface area contributed by atoms with Gasteiger partial charge < -0.3 is 27.4 Å². The summed E-state index contributed by atoms with van der Waals surface area (Å²) in [5.74, 6) is 3.64. The zero-order valence-corrected chi connectivity index (χ0v) is 36.4. The number of aromatic nitrogens is 18. The third-order valence-electron chi connectivity index (χ3n) is 12.7. The van der Waals surface area contributed by atoms with Gasteiger partial charge in [-0.1, -0.05) is 0 Å². The third kappa shape index (κ3) is 5.11. The van der Waals surface area contributed by atoms with Gasteiger partial charge >= 0.3 is 0 Å². The molecule has 0 saturated heterocycles. The summed E-state index contributed by atoms with van der Waals surface area (Å²) in [4.78, 5) is 61.6. The lowest BCUT2D eigenvalue weighted by atomic mass is 9.83. The van der Waals surface area contributed by atoms with Crippen molar-refractivity contribution in [3.63, 3.8) is 0 Å². The summed E-state index contributed by atoms with van der Waals surface area (Å²) in [6, 6.07) is 21.3. The Morgan fingerprint density at radius 3 is 0.803 bits per heavy atom. The molecule has 0 spiro atoms. The van der Waals surface area contributed by atoms with E-state index in [0.717, 1.165) is 11.0 Å². The summed E-state index contributed by atoms with van der Waals surface area (Å²) < 4.78 is 12.2. The van der Waals surface area contributed by atoms with Crippen LogP contribution in [0.1, 0.15) is 0 Å². The van der Waals surface area contributed by atoms with Crippen LogP contribution in [0.2, 0.25) is 0 Å². The molecule has 0 aliphatic carbocycles. The van der Waals surface area contributed by atoms with Crippen molar-refractivity contribution >= 4 is 66.9 Å². The molecule has 18 heteroatoms. The molecular weight excluding hydrogens is 829 g/mol. The molecular formula is C48H36N18. The van der Waals surface area contributed by atoms with Crippen molar-refractivity contribution < 1.29 is 0 Å². The van der Waals surface area contributed by atoms with Gasteiger partial charge in [0.05, 0.1) is 17.2 Å². The Bertz CT molecular complexity index is 3450. The van der Waals surface area contributed by atoms with Gasteiger partial charge in [0.1, 0.15) is 62.5 Å². The van der Waals surface area contributed by atoms with E-state index >= 15 is 0 Å². The van der Waals surface area contributed by atoms with Gasteiger partial charge in [0.15, 0.2) is 28.2 Å². The molecule has 0 aliphatic heterocycles. The van der Waals surface area contributed by atoms with Gasteiger partial charge in [-0.3, -0.25) is 4.98 Å². The lowest BCUT2D eigenvalue weighted by Crippen LogP contribution is -2.12. The van der Waals surface area contributed by atoms with E-state index in [0.29, 0.717) is 124 Å². The van der Waals surface area contributed by atoms with Crippen LogP contribution in [0.3, 0.4) is 0 Å². The van der Waals surface area contributed by atoms with E-state index in [-0.39, 0.29) is 0 Å². The van der Waals surface area contributed by atoms with Crippen LogP contribution in [0.5, 0.6) is 0 Å². The predicted molar refractivity (Wildman–Crippen MR) is 251 cm³/mol. The molecule has 12 aromatic heterocycles. The number of hydrogen-bond donors (Lipinski definition) is 0. The van der Waals surface area contributed by atoms with Crippen LogP contribution in [-0.4, -0.2) is 87.2 Å². The molecule has 1 aromatic carbocycles. The lowest BCUT2D eigenvalue weighted by molar-refractivity contribution is 0.913. The summed E-state index contributed by atoms with van der Waals surface area (Å²) in [5, 5.41) is 0. The highest BCUT2D eigenvalue weighted by Crippen LogP contribution is 2.55. The number of benzene rings is 1. The maximum atomic E-state index is 5.48. The van der Waals surface area contributed by atoms with Crippen LogP contribution >= 0.6 is 0 Å². The molecule has 18 nitrogen and oxygen atoms in total. The van der Waals surface area contributed by atoms with Gasteiger partial charge in [-0.25, -0.2) is 54.8 Å². The number of pyridine rings is 6. The second-order valence-corrected chi connectivity index (χ2v) is 16.3. The fraction of sp³-hybridized carbons (Fsp3) is 0.125. The first kappa shape index (κ1) is 37.5. The minimum Gasteiger partial charge on any atom is -0.326 e. The van der Waals surface area contributed by atoms with Gasteiger partial charge in [0, 0.05) is 113 Å². The Hall–Kier alpha value is -9.06. The molecule has 0 fully saturated rings. The predicted octanol–water partition coefficient (Wildman–Crippen LogP) is 7.38. The molecule has 0 bridgehead atoms.